The van der Waals surface area contributed by atoms with E-state index >= 15 is 0 Å². The molecule has 0 unspecified atom stereocenters. The summed E-state index contributed by atoms with van der Waals surface area (Å²) in [7, 11) is 0. The van der Waals surface area contributed by atoms with Gasteiger partial charge in [0, 0.05) is 41.5 Å². The predicted molar refractivity (Wildman–Crippen MR) is 180 cm³/mol. The molecule has 4 aromatic rings. The van der Waals surface area contributed by atoms with Gasteiger partial charge in [0.05, 0.1) is 28.7 Å². The van der Waals surface area contributed by atoms with Crippen LogP contribution in [-0.4, -0.2) is 33.6 Å². The first-order valence-electron chi connectivity index (χ1n) is 15.5. The Bertz CT molecular complexity index is 1950. The molecule has 0 aliphatic heterocycles. The highest BCUT2D eigenvalue weighted by Gasteiger charge is 2.33. The number of hydrogen-bond donors (Lipinski definition) is 6. The number of aromatic nitrogens is 1. The van der Waals surface area contributed by atoms with Crippen molar-refractivity contribution in [1.82, 2.24) is 15.4 Å². The summed E-state index contributed by atoms with van der Waals surface area (Å²) >= 11 is 6.82. The van der Waals surface area contributed by atoms with Crippen LogP contribution in [0.5, 0.6) is 0 Å². The highest BCUT2D eigenvalue weighted by molar-refractivity contribution is 6.33. The molecule has 10 nitrogen and oxygen atoms in total. The maximum Gasteiger partial charge on any atom is 0.416 e. The van der Waals surface area contributed by atoms with E-state index in [-0.39, 0.29) is 63.4 Å². The van der Waals surface area contributed by atoms with E-state index in [0.717, 1.165) is 42.0 Å². The molecular weight excluding hydrogens is 659 g/mol. The van der Waals surface area contributed by atoms with Crippen molar-refractivity contribution in [3.63, 3.8) is 0 Å². The van der Waals surface area contributed by atoms with Gasteiger partial charge >= 0.3 is 6.18 Å². The molecule has 3 aromatic carbocycles. The Morgan fingerprint density at radius 1 is 0.980 bits per heavy atom. The van der Waals surface area contributed by atoms with Gasteiger partial charge in [-0.25, -0.2) is 0 Å². The minimum atomic E-state index is -4.60. The normalized spacial score (nSPS) is 13.8. The van der Waals surface area contributed by atoms with Crippen molar-refractivity contribution in [2.45, 2.75) is 57.4 Å². The minimum absolute atomic E-state index is 0.0230. The Morgan fingerprint density at radius 3 is 2.35 bits per heavy atom. The molecule has 256 valence electrons. The fourth-order valence-corrected chi connectivity index (χ4v) is 6.10. The molecule has 49 heavy (non-hydrogen) atoms. The number of pyridine rings is 1. The van der Waals surface area contributed by atoms with Gasteiger partial charge in [-0.05, 0) is 53.8 Å². The summed E-state index contributed by atoms with van der Waals surface area (Å²) in [6.45, 7) is -0.242. The number of nitrogen functional groups attached to an aromatic ring is 2. The maximum atomic E-state index is 13.5. The third-order valence-corrected chi connectivity index (χ3v) is 8.54. The third kappa shape index (κ3) is 8.60. The number of rotatable bonds is 10. The standard InChI is InChI=1S/C35H35ClF3N7O3/c36-28-16-30(45-26-6-2-3-7-26)46(49)29(17-31(47)43-18-20-9-11-21(12-10-20)33(41)42)32(28)23-13-24(15-25(40)14-23)34(48)44-19-22-5-1-4-8-27(22)35(37,38)39/h1,4-5,8-16,26,49H,2-3,6-7,17-19,40H2,(H3,41,42)(H,43,47)(H,44,48). The number of nitrogens with zero attached hydrogens (tertiary/aromatic N) is 2. The lowest BCUT2D eigenvalue weighted by atomic mass is 9.98. The second kappa shape index (κ2) is 14.9. The molecule has 1 heterocycles. The molecule has 5 rings (SSSR count). The average molecular weight is 694 g/mol. The Hall–Kier alpha value is -5.30. The fraction of sp³-hybridized carbons (Fsp3) is 0.257. The Labute approximate surface area is 285 Å². The number of amides is 2. The molecule has 1 fully saturated rings. The zero-order valence-corrected chi connectivity index (χ0v) is 27.0. The van der Waals surface area contributed by atoms with Crippen LogP contribution in [0.2, 0.25) is 5.02 Å². The molecule has 1 aliphatic carbocycles. The van der Waals surface area contributed by atoms with E-state index in [1.807, 2.05) is 0 Å². The van der Waals surface area contributed by atoms with Crippen LogP contribution in [0.3, 0.4) is 0 Å². The summed E-state index contributed by atoms with van der Waals surface area (Å²) in [5.41, 5.74) is 13.0. The summed E-state index contributed by atoms with van der Waals surface area (Å²) in [4.78, 5) is 31.2. The van der Waals surface area contributed by atoms with Crippen LogP contribution in [0.4, 0.5) is 18.9 Å². The van der Waals surface area contributed by atoms with Gasteiger partial charge in [-0.3, -0.25) is 20.0 Å². The first-order chi connectivity index (χ1) is 23.3. The van der Waals surface area contributed by atoms with Crippen molar-refractivity contribution < 1.29 is 28.0 Å². The van der Waals surface area contributed by atoms with Gasteiger partial charge in [0.25, 0.3) is 5.91 Å². The van der Waals surface area contributed by atoms with Gasteiger partial charge in [-0.1, -0.05) is 66.9 Å². The van der Waals surface area contributed by atoms with E-state index in [4.69, 9.17) is 28.5 Å². The van der Waals surface area contributed by atoms with Crippen molar-refractivity contribution in [1.29, 1.82) is 5.41 Å². The lowest BCUT2D eigenvalue weighted by Gasteiger charge is -2.18. The number of nitrogens with two attached hydrogens (primary N) is 2. The second-order valence-electron chi connectivity index (χ2n) is 11.8. The van der Waals surface area contributed by atoms with Gasteiger partial charge in [-0.2, -0.15) is 17.9 Å². The zero-order chi connectivity index (χ0) is 35.3. The average Bonchev–Trinajstić information content (AvgIpc) is 3.57. The van der Waals surface area contributed by atoms with E-state index < -0.39 is 30.1 Å². The van der Waals surface area contributed by atoms with Crippen molar-refractivity contribution in [2.24, 2.45) is 10.7 Å². The highest BCUT2D eigenvalue weighted by atomic mass is 35.5. The molecule has 14 heteroatoms. The van der Waals surface area contributed by atoms with Crippen molar-refractivity contribution >= 4 is 34.9 Å². The number of alkyl halides is 3. The number of halogens is 4. The molecule has 1 aliphatic rings. The molecule has 0 bridgehead atoms. The lowest BCUT2D eigenvalue weighted by molar-refractivity contribution is -0.138. The monoisotopic (exact) mass is 693 g/mol. The van der Waals surface area contributed by atoms with E-state index in [9.17, 15) is 28.0 Å². The number of hydrogen-bond acceptors (Lipinski definition) is 6. The summed E-state index contributed by atoms with van der Waals surface area (Å²) in [6, 6.07) is 17.5. The van der Waals surface area contributed by atoms with E-state index in [1.54, 1.807) is 24.3 Å². The largest absolute Gasteiger partial charge is 0.427 e. The third-order valence-electron chi connectivity index (χ3n) is 8.25. The van der Waals surface area contributed by atoms with Crippen molar-refractivity contribution in [3.8, 4) is 11.1 Å². The van der Waals surface area contributed by atoms with E-state index in [1.165, 1.54) is 42.5 Å². The van der Waals surface area contributed by atoms with Crippen LogP contribution in [-0.2, 0) is 30.5 Å². The zero-order valence-electron chi connectivity index (χ0n) is 26.3. The van der Waals surface area contributed by atoms with Crippen LogP contribution in [0.25, 0.3) is 11.1 Å². The number of carbonyl (C=O) groups is 2. The Balaban J connectivity index is 1.46. The minimum Gasteiger partial charge on any atom is -0.427 e. The molecule has 0 saturated heterocycles. The predicted octanol–water partition coefficient (Wildman–Crippen LogP) is 5.56. The molecule has 2 amide bonds. The summed E-state index contributed by atoms with van der Waals surface area (Å²) in [5.74, 6) is -1.23. The SMILES string of the molecule is N=C(N)c1ccc(CNC(=O)Cc2c(-c3cc(N)cc(C(=O)NCc4ccccc4C(F)(F)F)c3)c(Cl)cc(=NC3CCCC3)n2O)cc1. The Kier molecular flexibility index (Phi) is 10.6. The molecule has 0 spiro atoms. The second-order valence-corrected chi connectivity index (χ2v) is 12.2. The summed E-state index contributed by atoms with van der Waals surface area (Å²) in [6.07, 6.45) is -1.23. The number of nitrogens with one attached hydrogen (secondary N) is 3. The number of amidine groups is 1. The molecule has 1 aromatic heterocycles. The smallest absolute Gasteiger partial charge is 0.416 e. The van der Waals surface area contributed by atoms with Gasteiger partial charge in [0.15, 0.2) is 5.49 Å². The van der Waals surface area contributed by atoms with Crippen LogP contribution < -0.4 is 27.6 Å². The van der Waals surface area contributed by atoms with Crippen molar-refractivity contribution in [3.05, 3.63) is 117 Å². The first kappa shape index (κ1) is 35.0. The number of carbonyl (C=O) groups excluding carboxylic acids is 2. The van der Waals surface area contributed by atoms with E-state index in [0.29, 0.717) is 11.1 Å². The van der Waals surface area contributed by atoms with Crippen LogP contribution in [0.15, 0.2) is 77.8 Å². The maximum absolute atomic E-state index is 13.5. The molecule has 8 N–H and O–H groups in total. The molecule has 0 atom stereocenters. The van der Waals surface area contributed by atoms with Crippen LogP contribution in [0.1, 0.15) is 64.0 Å². The molecular formula is C35H35ClF3N7O3. The fourth-order valence-electron chi connectivity index (χ4n) is 5.78. The van der Waals surface area contributed by atoms with E-state index in [2.05, 4.69) is 15.6 Å². The van der Waals surface area contributed by atoms with Crippen LogP contribution in [0, 0.1) is 5.41 Å². The molecule has 1 saturated carbocycles. The number of benzene rings is 3. The summed E-state index contributed by atoms with van der Waals surface area (Å²) < 4.78 is 41.3. The van der Waals surface area contributed by atoms with Gasteiger partial charge in [0.1, 0.15) is 5.84 Å². The topological polar surface area (TPSA) is 172 Å². The van der Waals surface area contributed by atoms with Crippen LogP contribution >= 0.6 is 11.6 Å². The van der Waals surface area contributed by atoms with Crippen molar-refractivity contribution in [2.75, 3.05) is 5.73 Å². The van der Waals surface area contributed by atoms with Gasteiger partial charge in [-0.15, -0.1) is 0 Å². The Morgan fingerprint density at radius 2 is 1.67 bits per heavy atom. The summed E-state index contributed by atoms with van der Waals surface area (Å²) in [5, 5.41) is 24.4. The number of anilines is 1. The lowest BCUT2D eigenvalue weighted by Crippen LogP contribution is -2.30. The van der Waals surface area contributed by atoms with Gasteiger partial charge < -0.3 is 27.3 Å². The van der Waals surface area contributed by atoms with Gasteiger partial charge in [0.2, 0.25) is 5.91 Å². The molecule has 0 radical (unpaired) electrons. The highest BCUT2D eigenvalue weighted by Crippen LogP contribution is 2.34. The first-order valence-corrected chi connectivity index (χ1v) is 15.9. The quantitative estimate of drug-likeness (QED) is 0.0552.